The summed E-state index contributed by atoms with van der Waals surface area (Å²) in [7, 11) is -10.4. The Balaban J connectivity index is 4.92. The van der Waals surface area contributed by atoms with Gasteiger partial charge < -0.3 is 16.5 Å². The molecule has 0 saturated heterocycles. The molecule has 0 heterocycles. The predicted molar refractivity (Wildman–Crippen MR) is 106 cm³/mol. The van der Waals surface area contributed by atoms with Crippen LogP contribution in [0.3, 0.4) is 0 Å². The van der Waals surface area contributed by atoms with E-state index < -0.39 is 42.3 Å². The Morgan fingerprint density at radius 1 is 0.545 bits per heavy atom. The molecule has 131 valence electrons. The van der Waals surface area contributed by atoms with E-state index >= 15 is 0 Å². The summed E-state index contributed by atoms with van der Waals surface area (Å²) in [4.78, 5) is 0. The van der Waals surface area contributed by atoms with E-state index in [9.17, 15) is 0 Å². The lowest BCUT2D eigenvalue weighted by Gasteiger charge is -2.41. The minimum atomic E-state index is -2.32. The van der Waals surface area contributed by atoms with Gasteiger partial charge in [-0.1, -0.05) is 12.3 Å². The lowest BCUT2D eigenvalue weighted by atomic mass is 11.3. The molecule has 0 atom stereocenters. The third-order valence-electron chi connectivity index (χ3n) is 2.45. The summed E-state index contributed by atoms with van der Waals surface area (Å²) in [5.74, 6) is 0. The van der Waals surface area contributed by atoms with Crippen molar-refractivity contribution in [2.24, 2.45) is 0 Å². The molecule has 0 aliphatic rings. The summed E-state index contributed by atoms with van der Waals surface area (Å²) in [6.45, 7) is 28.9. The van der Waals surface area contributed by atoms with Crippen LogP contribution in [0.25, 0.3) is 0 Å². The molecule has 1 radical (unpaired) electrons. The smallest absolute Gasteiger partial charge is 0.314 e. The van der Waals surface area contributed by atoms with Crippen LogP contribution < -0.4 is 0 Å². The van der Waals surface area contributed by atoms with E-state index in [1.54, 1.807) is 5.70 Å². The molecule has 0 fully saturated rings. The zero-order valence-corrected chi connectivity index (χ0v) is 21.3. The Morgan fingerprint density at radius 2 is 0.864 bits per heavy atom. The van der Waals surface area contributed by atoms with Crippen LogP contribution in [0.15, 0.2) is 5.70 Å². The maximum atomic E-state index is 6.38. The predicted octanol–water partition coefficient (Wildman–Crippen LogP) is 4.73. The Hall–Kier alpha value is 0.664. The van der Waals surface area contributed by atoms with Crippen molar-refractivity contribution in [3.63, 3.8) is 0 Å². The zero-order chi connectivity index (χ0) is 18.0. The SMILES string of the molecule is [CH]=C[Si](C)(C)O[Si](C)(C)O[Si](C)(C)O[Si](C)(C)O[Si](C)(C)C. The van der Waals surface area contributed by atoms with E-state index in [0.29, 0.717) is 0 Å². The van der Waals surface area contributed by atoms with Gasteiger partial charge in [-0.15, -0.1) is 0 Å². The van der Waals surface area contributed by atoms with E-state index in [-0.39, 0.29) is 0 Å². The van der Waals surface area contributed by atoms with Gasteiger partial charge in [-0.2, -0.15) is 0 Å². The molecule has 0 unspecified atom stereocenters. The summed E-state index contributed by atoms with van der Waals surface area (Å²) >= 11 is 0. The maximum absolute atomic E-state index is 6.38. The van der Waals surface area contributed by atoms with Gasteiger partial charge in [-0.3, -0.25) is 0 Å². The second-order valence-corrected chi connectivity index (χ2v) is 27.9. The molecule has 0 amide bonds. The third kappa shape index (κ3) is 10.4. The molecule has 0 rings (SSSR count). The quantitative estimate of drug-likeness (QED) is 0.529. The van der Waals surface area contributed by atoms with Crippen molar-refractivity contribution < 1.29 is 16.5 Å². The second kappa shape index (κ2) is 7.27. The average molecular weight is 396 g/mol. The van der Waals surface area contributed by atoms with E-state index in [2.05, 4.69) is 72.0 Å². The first-order valence-corrected chi connectivity index (χ1v) is 22.6. The molecule has 0 aliphatic carbocycles. The fraction of sp³-hybridized carbons (Fsp3) is 0.846. The topological polar surface area (TPSA) is 36.9 Å². The van der Waals surface area contributed by atoms with Gasteiger partial charge in [0.1, 0.15) is 0 Å². The monoisotopic (exact) mass is 395 g/mol. The molecule has 0 bridgehead atoms. The standard InChI is InChI=1S/C13H35O4Si5/c1-13-19(5,6)15-21(9,10)17-22(11,12)16-20(7,8)14-18(2,3)4/h1,13H,2-12H3. The van der Waals surface area contributed by atoms with Crippen LogP contribution in [0.4, 0.5) is 0 Å². The van der Waals surface area contributed by atoms with Gasteiger partial charge in [0.05, 0.1) is 0 Å². The van der Waals surface area contributed by atoms with Crippen LogP contribution in [0, 0.1) is 6.58 Å². The van der Waals surface area contributed by atoms with Crippen molar-refractivity contribution in [3.8, 4) is 0 Å². The summed E-state index contributed by atoms with van der Waals surface area (Å²) in [6, 6.07) is 0. The van der Waals surface area contributed by atoms with Gasteiger partial charge in [-0.05, 0) is 72.0 Å². The molecule has 0 aliphatic heterocycles. The van der Waals surface area contributed by atoms with Gasteiger partial charge in [-0.25, -0.2) is 0 Å². The minimum absolute atomic E-state index is 1.63. The highest BCUT2D eigenvalue weighted by Crippen LogP contribution is 2.25. The Kier molecular flexibility index (Phi) is 7.49. The molecular formula is C13H35O4Si5. The first-order chi connectivity index (χ1) is 9.39. The number of hydrogen-bond acceptors (Lipinski definition) is 4. The molecule has 0 aromatic carbocycles. The molecule has 4 nitrogen and oxygen atoms in total. The van der Waals surface area contributed by atoms with Crippen molar-refractivity contribution in [1.82, 2.24) is 0 Å². The molecule has 22 heavy (non-hydrogen) atoms. The van der Waals surface area contributed by atoms with Gasteiger partial charge >= 0.3 is 25.7 Å². The van der Waals surface area contributed by atoms with Crippen molar-refractivity contribution >= 4 is 42.3 Å². The average Bonchev–Trinajstić information content (AvgIpc) is 2.06. The van der Waals surface area contributed by atoms with E-state index in [0.717, 1.165) is 0 Å². The highest BCUT2D eigenvalue weighted by atomic mass is 28.5. The van der Waals surface area contributed by atoms with Gasteiger partial charge in [0.15, 0.2) is 16.6 Å². The molecular weight excluding hydrogens is 361 g/mol. The Morgan fingerprint density at radius 3 is 1.18 bits per heavy atom. The highest BCUT2D eigenvalue weighted by Gasteiger charge is 2.44. The normalized spacial score (nSPS) is 15.0. The molecule has 0 aromatic rings. The first-order valence-electron chi connectivity index (χ1n) is 7.76. The summed E-state index contributed by atoms with van der Waals surface area (Å²) in [5.41, 5.74) is 1.70. The first kappa shape index (κ1) is 22.7. The van der Waals surface area contributed by atoms with E-state index in [4.69, 9.17) is 23.0 Å². The third-order valence-corrected chi connectivity index (χ3v) is 19.6. The fourth-order valence-corrected chi connectivity index (χ4v) is 25.0. The van der Waals surface area contributed by atoms with Crippen LogP contribution >= 0.6 is 0 Å². The van der Waals surface area contributed by atoms with Gasteiger partial charge in [0.2, 0.25) is 0 Å². The lowest BCUT2D eigenvalue weighted by Crippen LogP contribution is -2.58. The van der Waals surface area contributed by atoms with Gasteiger partial charge in [0.25, 0.3) is 0 Å². The van der Waals surface area contributed by atoms with E-state index in [1.807, 2.05) is 0 Å². The fourth-order valence-electron chi connectivity index (χ4n) is 2.65. The molecule has 0 N–H and O–H groups in total. The largest absolute Gasteiger partial charge is 0.437 e. The zero-order valence-electron chi connectivity index (χ0n) is 16.3. The van der Waals surface area contributed by atoms with Crippen molar-refractivity contribution in [1.29, 1.82) is 0 Å². The molecule has 0 saturated carbocycles. The van der Waals surface area contributed by atoms with Crippen LogP contribution in [0.2, 0.25) is 72.0 Å². The highest BCUT2D eigenvalue weighted by molar-refractivity contribution is 6.91. The summed E-state index contributed by atoms with van der Waals surface area (Å²) < 4.78 is 25.3. The Labute approximate surface area is 143 Å². The minimum Gasteiger partial charge on any atom is -0.437 e. The van der Waals surface area contributed by atoms with Crippen LogP contribution in [-0.4, -0.2) is 42.3 Å². The molecule has 0 aromatic heterocycles. The molecule has 0 spiro atoms. The summed E-state index contributed by atoms with van der Waals surface area (Å²) in [6.07, 6.45) is 0. The second-order valence-electron chi connectivity index (χ2n) is 8.49. The van der Waals surface area contributed by atoms with Crippen molar-refractivity contribution in [2.45, 2.75) is 72.0 Å². The molecule has 9 heteroatoms. The number of hydrogen-bond donors (Lipinski definition) is 0. The maximum Gasteiger partial charge on any atom is 0.314 e. The van der Waals surface area contributed by atoms with Crippen molar-refractivity contribution in [2.75, 3.05) is 0 Å². The van der Waals surface area contributed by atoms with Crippen LogP contribution in [-0.2, 0) is 16.5 Å². The van der Waals surface area contributed by atoms with Crippen LogP contribution in [0.1, 0.15) is 0 Å². The Bertz CT molecular complexity index is 388. The summed E-state index contributed by atoms with van der Waals surface area (Å²) in [5, 5.41) is 0. The van der Waals surface area contributed by atoms with Crippen molar-refractivity contribution in [3.05, 3.63) is 12.3 Å². The van der Waals surface area contributed by atoms with Crippen LogP contribution in [0.5, 0.6) is 0 Å². The number of rotatable bonds is 9. The lowest BCUT2D eigenvalue weighted by molar-refractivity contribution is 0.300. The van der Waals surface area contributed by atoms with Gasteiger partial charge in [0, 0.05) is 0 Å². The van der Waals surface area contributed by atoms with E-state index in [1.165, 1.54) is 0 Å².